The van der Waals surface area contributed by atoms with Gasteiger partial charge in [0.05, 0.1) is 0 Å². The second-order valence-corrected chi connectivity index (χ2v) is 5.74. The van der Waals surface area contributed by atoms with Crippen LogP contribution in [0.5, 0.6) is 0 Å². The highest BCUT2D eigenvalue weighted by Gasteiger charge is 2.32. The predicted molar refractivity (Wildman–Crippen MR) is 62.1 cm³/mol. The molecule has 4 heteroatoms. The van der Waals surface area contributed by atoms with Crippen LogP contribution in [-0.2, 0) is 9.53 Å². The SMILES string of the molecule is CC1CCN(C(=O)C2CCCO2)CC1Br. The minimum atomic E-state index is -0.155. The summed E-state index contributed by atoms with van der Waals surface area (Å²) >= 11 is 3.64. The molecule has 2 aliphatic rings. The smallest absolute Gasteiger partial charge is 0.251 e. The first kappa shape index (κ1) is 11.4. The molecule has 1 amide bonds. The van der Waals surface area contributed by atoms with Crippen LogP contribution in [0.25, 0.3) is 0 Å². The highest BCUT2D eigenvalue weighted by Crippen LogP contribution is 2.25. The maximum atomic E-state index is 12.0. The van der Waals surface area contributed by atoms with Gasteiger partial charge in [-0.25, -0.2) is 0 Å². The van der Waals surface area contributed by atoms with Gasteiger partial charge in [-0.1, -0.05) is 22.9 Å². The van der Waals surface area contributed by atoms with Crippen LogP contribution < -0.4 is 0 Å². The van der Waals surface area contributed by atoms with Crippen LogP contribution in [0.3, 0.4) is 0 Å². The Kier molecular flexibility index (Phi) is 3.67. The summed E-state index contributed by atoms with van der Waals surface area (Å²) in [6.07, 6.45) is 2.86. The van der Waals surface area contributed by atoms with Gasteiger partial charge in [0.25, 0.3) is 5.91 Å². The van der Waals surface area contributed by atoms with Crippen molar-refractivity contribution in [1.29, 1.82) is 0 Å². The van der Waals surface area contributed by atoms with Crippen LogP contribution in [-0.4, -0.2) is 41.4 Å². The van der Waals surface area contributed by atoms with Crippen molar-refractivity contribution in [3.63, 3.8) is 0 Å². The second-order valence-electron chi connectivity index (χ2n) is 4.57. The molecule has 0 aromatic carbocycles. The average Bonchev–Trinajstić information content (AvgIpc) is 2.74. The minimum absolute atomic E-state index is 0.155. The van der Waals surface area contributed by atoms with E-state index in [1.165, 1.54) is 0 Å². The van der Waals surface area contributed by atoms with Crippen molar-refractivity contribution < 1.29 is 9.53 Å². The molecule has 3 unspecified atom stereocenters. The summed E-state index contributed by atoms with van der Waals surface area (Å²) in [7, 11) is 0. The molecule has 0 N–H and O–H groups in total. The number of hydrogen-bond acceptors (Lipinski definition) is 2. The third-order valence-electron chi connectivity index (χ3n) is 3.38. The molecule has 0 spiro atoms. The Labute approximate surface area is 99.3 Å². The van der Waals surface area contributed by atoms with Gasteiger partial charge in [-0.05, 0) is 25.2 Å². The van der Waals surface area contributed by atoms with Crippen molar-refractivity contribution in [3.05, 3.63) is 0 Å². The lowest BCUT2D eigenvalue weighted by Crippen LogP contribution is -2.47. The van der Waals surface area contributed by atoms with E-state index in [0.29, 0.717) is 10.7 Å². The maximum absolute atomic E-state index is 12.0. The number of likely N-dealkylation sites (tertiary alicyclic amines) is 1. The Morgan fingerprint density at radius 1 is 1.47 bits per heavy atom. The average molecular weight is 276 g/mol. The van der Waals surface area contributed by atoms with Gasteiger partial charge in [-0.2, -0.15) is 0 Å². The summed E-state index contributed by atoms with van der Waals surface area (Å²) in [5.41, 5.74) is 0. The third-order valence-corrected chi connectivity index (χ3v) is 4.58. The van der Waals surface area contributed by atoms with E-state index >= 15 is 0 Å². The first-order valence-corrected chi connectivity index (χ1v) is 6.64. The Morgan fingerprint density at radius 3 is 2.87 bits per heavy atom. The molecule has 0 aromatic rings. The molecule has 3 nitrogen and oxygen atoms in total. The first-order chi connectivity index (χ1) is 7.18. The molecule has 0 aliphatic carbocycles. The van der Waals surface area contributed by atoms with Crippen molar-refractivity contribution >= 4 is 21.8 Å². The Morgan fingerprint density at radius 2 is 2.27 bits per heavy atom. The zero-order valence-corrected chi connectivity index (χ0v) is 10.7. The zero-order chi connectivity index (χ0) is 10.8. The Bertz CT molecular complexity index is 241. The highest BCUT2D eigenvalue weighted by molar-refractivity contribution is 9.09. The normalized spacial score (nSPS) is 36.9. The minimum Gasteiger partial charge on any atom is -0.368 e. The number of carbonyl (C=O) groups is 1. The molecular formula is C11H18BrNO2. The summed E-state index contributed by atoms with van der Waals surface area (Å²) in [6, 6.07) is 0. The van der Waals surface area contributed by atoms with Crippen LogP contribution in [0, 0.1) is 5.92 Å². The first-order valence-electron chi connectivity index (χ1n) is 5.73. The van der Waals surface area contributed by atoms with Crippen LogP contribution in [0.4, 0.5) is 0 Å². The standard InChI is InChI=1S/C11H18BrNO2/c1-8-4-5-13(7-9(8)12)11(14)10-3-2-6-15-10/h8-10H,2-7H2,1H3. The molecule has 2 fully saturated rings. The summed E-state index contributed by atoms with van der Waals surface area (Å²) in [5, 5.41) is 0. The molecule has 3 atom stereocenters. The van der Waals surface area contributed by atoms with E-state index in [4.69, 9.17) is 4.74 Å². The van der Waals surface area contributed by atoms with Crippen LogP contribution in [0.1, 0.15) is 26.2 Å². The van der Waals surface area contributed by atoms with Gasteiger partial charge >= 0.3 is 0 Å². The van der Waals surface area contributed by atoms with E-state index in [-0.39, 0.29) is 12.0 Å². The van der Waals surface area contributed by atoms with Gasteiger partial charge in [0.1, 0.15) is 6.10 Å². The van der Waals surface area contributed by atoms with E-state index in [0.717, 1.165) is 39.0 Å². The molecule has 86 valence electrons. The molecule has 2 aliphatic heterocycles. The molecule has 15 heavy (non-hydrogen) atoms. The third kappa shape index (κ3) is 2.53. The van der Waals surface area contributed by atoms with E-state index in [1.54, 1.807) is 0 Å². The number of rotatable bonds is 1. The van der Waals surface area contributed by atoms with Gasteiger partial charge in [0.2, 0.25) is 0 Å². The topological polar surface area (TPSA) is 29.5 Å². The van der Waals surface area contributed by atoms with E-state index in [1.807, 2.05) is 4.90 Å². The van der Waals surface area contributed by atoms with E-state index in [2.05, 4.69) is 22.9 Å². The van der Waals surface area contributed by atoms with Crippen molar-refractivity contribution in [2.75, 3.05) is 19.7 Å². The number of nitrogens with zero attached hydrogens (tertiary/aromatic N) is 1. The monoisotopic (exact) mass is 275 g/mol. The number of amides is 1. The van der Waals surface area contributed by atoms with E-state index < -0.39 is 0 Å². The van der Waals surface area contributed by atoms with Crippen molar-refractivity contribution in [3.8, 4) is 0 Å². The molecule has 2 rings (SSSR count). The number of alkyl halides is 1. The molecule has 0 radical (unpaired) electrons. The number of halogens is 1. The quantitative estimate of drug-likeness (QED) is 0.683. The summed E-state index contributed by atoms with van der Waals surface area (Å²) in [6.45, 7) is 4.70. The Balaban J connectivity index is 1.90. The van der Waals surface area contributed by atoms with Gasteiger partial charge in [-0.15, -0.1) is 0 Å². The van der Waals surface area contributed by atoms with Gasteiger partial charge < -0.3 is 9.64 Å². The fraction of sp³-hybridized carbons (Fsp3) is 0.909. The van der Waals surface area contributed by atoms with E-state index in [9.17, 15) is 4.79 Å². The van der Waals surface area contributed by atoms with Gasteiger partial charge in [-0.3, -0.25) is 4.79 Å². The fourth-order valence-electron chi connectivity index (χ4n) is 2.20. The van der Waals surface area contributed by atoms with Crippen molar-refractivity contribution in [2.24, 2.45) is 5.92 Å². The van der Waals surface area contributed by atoms with Crippen molar-refractivity contribution in [2.45, 2.75) is 37.1 Å². The second kappa shape index (κ2) is 4.83. The molecule has 0 saturated carbocycles. The molecule has 0 bridgehead atoms. The molecule has 0 aromatic heterocycles. The highest BCUT2D eigenvalue weighted by atomic mass is 79.9. The number of carbonyl (C=O) groups excluding carboxylic acids is 1. The zero-order valence-electron chi connectivity index (χ0n) is 9.12. The predicted octanol–water partition coefficient (Wildman–Crippen LogP) is 1.80. The Hall–Kier alpha value is -0.0900. The number of hydrogen-bond donors (Lipinski definition) is 0. The number of ether oxygens (including phenoxy) is 1. The molecular weight excluding hydrogens is 258 g/mol. The summed E-state index contributed by atoms with van der Waals surface area (Å²) in [4.78, 5) is 14.4. The largest absolute Gasteiger partial charge is 0.368 e. The molecule has 2 saturated heterocycles. The maximum Gasteiger partial charge on any atom is 0.251 e. The van der Waals surface area contributed by atoms with Crippen LogP contribution >= 0.6 is 15.9 Å². The lowest BCUT2D eigenvalue weighted by atomic mass is 9.98. The van der Waals surface area contributed by atoms with Crippen LogP contribution in [0.15, 0.2) is 0 Å². The summed E-state index contributed by atoms with van der Waals surface area (Å²) < 4.78 is 5.42. The van der Waals surface area contributed by atoms with Gasteiger partial charge in [0.15, 0.2) is 0 Å². The molecule has 2 heterocycles. The van der Waals surface area contributed by atoms with Crippen molar-refractivity contribution in [1.82, 2.24) is 4.90 Å². The number of piperidine rings is 1. The lowest BCUT2D eigenvalue weighted by Gasteiger charge is -2.35. The van der Waals surface area contributed by atoms with Gasteiger partial charge in [0, 0.05) is 24.5 Å². The fourth-order valence-corrected chi connectivity index (χ4v) is 2.81. The summed E-state index contributed by atoms with van der Waals surface area (Å²) in [5.74, 6) is 0.863. The lowest BCUT2D eigenvalue weighted by molar-refractivity contribution is -0.142. The van der Waals surface area contributed by atoms with Crippen LogP contribution in [0.2, 0.25) is 0 Å².